The lowest BCUT2D eigenvalue weighted by atomic mass is 10.1. The lowest BCUT2D eigenvalue weighted by molar-refractivity contribution is 0.544. The molecule has 0 saturated heterocycles. The zero-order valence-corrected chi connectivity index (χ0v) is 12.6. The maximum Gasteiger partial charge on any atom is 0.127 e. The Bertz CT molecular complexity index is 649. The summed E-state index contributed by atoms with van der Waals surface area (Å²) < 4.78 is 14.7. The molecule has 0 aliphatic heterocycles. The lowest BCUT2D eigenvalue weighted by Crippen LogP contribution is -2.18. The van der Waals surface area contributed by atoms with E-state index >= 15 is 0 Å². The third-order valence-corrected chi connectivity index (χ3v) is 3.62. The summed E-state index contributed by atoms with van der Waals surface area (Å²) in [7, 11) is 0. The molecule has 0 fully saturated rings. The van der Waals surface area contributed by atoms with E-state index in [9.17, 15) is 4.39 Å². The van der Waals surface area contributed by atoms with E-state index in [1.807, 2.05) is 37.3 Å². The molecule has 1 atom stereocenters. The summed E-state index contributed by atoms with van der Waals surface area (Å²) in [5.74, 6) is -0.294. The lowest BCUT2D eigenvalue weighted by Gasteiger charge is -2.15. The SMILES string of the molecule is CC(NCc1cc(C#N)ccc1F)c1cccc(Br)c1. The highest BCUT2D eigenvalue weighted by Gasteiger charge is 2.08. The van der Waals surface area contributed by atoms with Gasteiger partial charge in [0.25, 0.3) is 0 Å². The molecule has 0 amide bonds. The molecule has 0 aromatic heterocycles. The van der Waals surface area contributed by atoms with Crippen LogP contribution in [0.1, 0.15) is 29.7 Å². The highest BCUT2D eigenvalue weighted by atomic mass is 79.9. The van der Waals surface area contributed by atoms with Gasteiger partial charge in [-0.1, -0.05) is 28.1 Å². The molecular weight excluding hydrogens is 319 g/mol. The van der Waals surface area contributed by atoms with Crippen molar-refractivity contribution in [1.82, 2.24) is 5.32 Å². The molecule has 0 aliphatic rings. The molecular formula is C16H14BrFN2. The predicted molar refractivity (Wildman–Crippen MR) is 80.5 cm³/mol. The predicted octanol–water partition coefficient (Wildman–Crippen LogP) is 4.31. The van der Waals surface area contributed by atoms with Gasteiger partial charge in [0, 0.05) is 22.6 Å². The zero-order chi connectivity index (χ0) is 14.5. The van der Waals surface area contributed by atoms with E-state index in [0.717, 1.165) is 10.0 Å². The van der Waals surface area contributed by atoms with E-state index in [-0.39, 0.29) is 11.9 Å². The van der Waals surface area contributed by atoms with Gasteiger partial charge in [0.05, 0.1) is 11.6 Å². The number of rotatable bonds is 4. The van der Waals surface area contributed by atoms with Crippen LogP contribution < -0.4 is 5.32 Å². The Morgan fingerprint density at radius 2 is 2.10 bits per heavy atom. The molecule has 1 unspecified atom stereocenters. The molecule has 4 heteroatoms. The molecule has 1 N–H and O–H groups in total. The molecule has 0 heterocycles. The van der Waals surface area contributed by atoms with Crippen molar-refractivity contribution >= 4 is 15.9 Å². The molecule has 20 heavy (non-hydrogen) atoms. The fourth-order valence-electron chi connectivity index (χ4n) is 1.94. The first kappa shape index (κ1) is 14.7. The van der Waals surface area contributed by atoms with Gasteiger partial charge in [0.1, 0.15) is 5.82 Å². The van der Waals surface area contributed by atoms with Crippen molar-refractivity contribution in [2.45, 2.75) is 19.5 Å². The van der Waals surface area contributed by atoms with E-state index in [4.69, 9.17) is 5.26 Å². The molecule has 0 saturated carbocycles. The average Bonchev–Trinajstić information content (AvgIpc) is 2.46. The summed E-state index contributed by atoms with van der Waals surface area (Å²) in [6.45, 7) is 2.41. The molecule has 2 rings (SSSR count). The summed E-state index contributed by atoms with van der Waals surface area (Å²) in [5, 5.41) is 12.1. The van der Waals surface area contributed by atoms with Crippen LogP contribution in [0.5, 0.6) is 0 Å². The number of nitrogens with zero attached hydrogens (tertiary/aromatic N) is 1. The van der Waals surface area contributed by atoms with Crippen molar-refractivity contribution in [2.24, 2.45) is 0 Å². The van der Waals surface area contributed by atoms with Crippen LogP contribution in [-0.2, 0) is 6.54 Å². The summed E-state index contributed by atoms with van der Waals surface area (Å²) >= 11 is 3.43. The Balaban J connectivity index is 2.07. The Hall–Kier alpha value is -1.70. The van der Waals surface area contributed by atoms with Gasteiger partial charge in [-0.2, -0.15) is 5.26 Å². The van der Waals surface area contributed by atoms with E-state index in [2.05, 4.69) is 21.2 Å². The molecule has 2 nitrogen and oxygen atoms in total. The maximum atomic E-state index is 13.7. The van der Waals surface area contributed by atoms with Crippen molar-refractivity contribution in [1.29, 1.82) is 5.26 Å². The minimum Gasteiger partial charge on any atom is -0.306 e. The second kappa shape index (κ2) is 6.65. The van der Waals surface area contributed by atoms with Gasteiger partial charge >= 0.3 is 0 Å². The van der Waals surface area contributed by atoms with Crippen LogP contribution in [0.4, 0.5) is 4.39 Å². The number of nitriles is 1. The van der Waals surface area contributed by atoms with Crippen LogP contribution in [-0.4, -0.2) is 0 Å². The number of hydrogen-bond acceptors (Lipinski definition) is 2. The summed E-state index contributed by atoms with van der Waals surface area (Å²) in [4.78, 5) is 0. The van der Waals surface area contributed by atoms with Crippen LogP contribution in [0, 0.1) is 17.1 Å². The average molecular weight is 333 g/mol. The zero-order valence-electron chi connectivity index (χ0n) is 11.0. The van der Waals surface area contributed by atoms with Crippen molar-refractivity contribution < 1.29 is 4.39 Å². The smallest absolute Gasteiger partial charge is 0.127 e. The highest BCUT2D eigenvalue weighted by Crippen LogP contribution is 2.19. The van der Waals surface area contributed by atoms with Crippen LogP contribution >= 0.6 is 15.9 Å². The first-order valence-electron chi connectivity index (χ1n) is 6.27. The van der Waals surface area contributed by atoms with Crippen molar-refractivity contribution in [3.8, 4) is 6.07 Å². The molecule has 0 spiro atoms. The third kappa shape index (κ3) is 3.66. The minimum atomic E-state index is -0.294. The van der Waals surface area contributed by atoms with Gasteiger partial charge in [0.2, 0.25) is 0 Å². The molecule has 102 valence electrons. The second-order valence-electron chi connectivity index (χ2n) is 4.58. The topological polar surface area (TPSA) is 35.8 Å². The number of benzene rings is 2. The normalized spacial score (nSPS) is 11.9. The Kier molecular flexibility index (Phi) is 4.89. The standard InChI is InChI=1S/C16H14BrFN2/c1-11(13-3-2-4-15(17)8-13)20-10-14-7-12(9-19)5-6-16(14)18/h2-8,11,20H,10H2,1H3. The van der Waals surface area contributed by atoms with Crippen LogP contribution in [0.25, 0.3) is 0 Å². The fourth-order valence-corrected chi connectivity index (χ4v) is 2.35. The second-order valence-corrected chi connectivity index (χ2v) is 5.49. The summed E-state index contributed by atoms with van der Waals surface area (Å²) in [6.07, 6.45) is 0. The van der Waals surface area contributed by atoms with Gasteiger partial charge in [-0.3, -0.25) is 0 Å². The Labute approximate surface area is 126 Å². The van der Waals surface area contributed by atoms with Crippen molar-refractivity contribution in [3.05, 3.63) is 69.4 Å². The van der Waals surface area contributed by atoms with Crippen molar-refractivity contribution in [3.63, 3.8) is 0 Å². The molecule has 2 aromatic rings. The summed E-state index contributed by atoms with van der Waals surface area (Å²) in [6, 6.07) is 14.5. The van der Waals surface area contributed by atoms with Crippen LogP contribution in [0.15, 0.2) is 46.9 Å². The molecule has 2 aromatic carbocycles. The van der Waals surface area contributed by atoms with E-state index in [1.54, 1.807) is 6.07 Å². The first-order valence-corrected chi connectivity index (χ1v) is 7.07. The minimum absolute atomic E-state index is 0.0950. The number of nitrogens with one attached hydrogen (secondary N) is 1. The van der Waals surface area contributed by atoms with Crippen LogP contribution in [0.2, 0.25) is 0 Å². The largest absolute Gasteiger partial charge is 0.306 e. The molecule has 0 radical (unpaired) electrons. The number of hydrogen-bond donors (Lipinski definition) is 1. The van der Waals surface area contributed by atoms with Crippen molar-refractivity contribution in [2.75, 3.05) is 0 Å². The maximum absolute atomic E-state index is 13.7. The third-order valence-electron chi connectivity index (χ3n) is 3.12. The van der Waals surface area contributed by atoms with Gasteiger partial charge in [0.15, 0.2) is 0 Å². The van der Waals surface area contributed by atoms with Gasteiger partial charge in [-0.25, -0.2) is 4.39 Å². The number of halogens is 2. The van der Waals surface area contributed by atoms with E-state index < -0.39 is 0 Å². The fraction of sp³-hybridized carbons (Fsp3) is 0.188. The quantitative estimate of drug-likeness (QED) is 0.905. The first-order chi connectivity index (χ1) is 9.60. The van der Waals surface area contributed by atoms with Gasteiger partial charge < -0.3 is 5.32 Å². The summed E-state index contributed by atoms with van der Waals surface area (Å²) in [5.41, 5.74) is 2.10. The molecule has 0 bridgehead atoms. The van der Waals surface area contributed by atoms with E-state index in [1.165, 1.54) is 12.1 Å². The highest BCUT2D eigenvalue weighted by molar-refractivity contribution is 9.10. The van der Waals surface area contributed by atoms with E-state index in [0.29, 0.717) is 17.7 Å². The van der Waals surface area contributed by atoms with Crippen LogP contribution in [0.3, 0.4) is 0 Å². The Morgan fingerprint density at radius 1 is 1.30 bits per heavy atom. The van der Waals surface area contributed by atoms with Gasteiger partial charge in [-0.15, -0.1) is 0 Å². The monoisotopic (exact) mass is 332 g/mol. The molecule has 0 aliphatic carbocycles. The Morgan fingerprint density at radius 3 is 2.80 bits per heavy atom. The van der Waals surface area contributed by atoms with Gasteiger partial charge in [-0.05, 0) is 42.8 Å².